The number of rotatable bonds is 0. The summed E-state index contributed by atoms with van der Waals surface area (Å²) < 4.78 is 0. The van der Waals surface area contributed by atoms with E-state index in [1.165, 1.54) is 24.1 Å². The van der Waals surface area contributed by atoms with E-state index in [9.17, 15) is 0 Å². The fraction of sp³-hybridized carbons (Fsp3) is 0.500. The predicted molar refractivity (Wildman–Crippen MR) is 48.7 cm³/mol. The summed E-state index contributed by atoms with van der Waals surface area (Å²) in [5, 5.41) is 0. The molecule has 1 atom stereocenters. The second-order valence-corrected chi connectivity index (χ2v) is 3.39. The number of hydrogen-bond donors (Lipinski definition) is 1. The largest absolute Gasteiger partial charge is 0.324 e. The Morgan fingerprint density at radius 3 is 3.25 bits per heavy atom. The molecule has 0 saturated carbocycles. The van der Waals surface area contributed by atoms with E-state index in [4.69, 9.17) is 5.73 Å². The van der Waals surface area contributed by atoms with Gasteiger partial charge in [-0.1, -0.05) is 12.5 Å². The highest BCUT2D eigenvalue weighted by Gasteiger charge is 2.14. The number of fused-ring (bicyclic) bond motifs is 1. The number of pyridine rings is 1. The van der Waals surface area contributed by atoms with Crippen molar-refractivity contribution in [2.45, 2.75) is 31.7 Å². The lowest BCUT2D eigenvalue weighted by molar-refractivity contribution is 0.615. The Kier molecular flexibility index (Phi) is 2.09. The summed E-state index contributed by atoms with van der Waals surface area (Å²) in [5.41, 5.74) is 8.48. The molecular formula is C10H14N2. The van der Waals surface area contributed by atoms with Gasteiger partial charge < -0.3 is 5.73 Å². The Morgan fingerprint density at radius 1 is 1.42 bits per heavy atom. The lowest BCUT2D eigenvalue weighted by Crippen LogP contribution is -2.10. The molecule has 0 saturated heterocycles. The van der Waals surface area contributed by atoms with Gasteiger partial charge >= 0.3 is 0 Å². The number of aryl methyl sites for hydroxylation is 1. The molecule has 0 unspecified atom stereocenters. The quantitative estimate of drug-likeness (QED) is 0.591. The molecule has 1 heterocycles. The topological polar surface area (TPSA) is 38.9 Å². The van der Waals surface area contributed by atoms with Gasteiger partial charge in [0.25, 0.3) is 0 Å². The lowest BCUT2D eigenvalue weighted by Gasteiger charge is -2.10. The molecule has 64 valence electrons. The van der Waals surface area contributed by atoms with Gasteiger partial charge in [-0.05, 0) is 30.9 Å². The maximum atomic E-state index is 6.01. The highest BCUT2D eigenvalue weighted by atomic mass is 14.7. The number of hydrogen-bond acceptors (Lipinski definition) is 2. The summed E-state index contributed by atoms with van der Waals surface area (Å²) in [6, 6.07) is 4.30. The standard InChI is InChI=1S/C10H14N2/c11-9-5-1-2-6-10-8(9)4-3-7-12-10/h3-4,7,9H,1-2,5-6,11H2/t9-/m0/s1. The highest BCUT2D eigenvalue weighted by Crippen LogP contribution is 2.24. The van der Waals surface area contributed by atoms with Gasteiger partial charge in [-0.15, -0.1) is 0 Å². The van der Waals surface area contributed by atoms with E-state index >= 15 is 0 Å². The zero-order chi connectivity index (χ0) is 8.39. The number of nitrogens with two attached hydrogens (primary N) is 1. The smallest absolute Gasteiger partial charge is 0.0451 e. The molecule has 1 aromatic heterocycles. The molecule has 2 N–H and O–H groups in total. The SMILES string of the molecule is N[C@H]1CCCCc2ncccc21. The van der Waals surface area contributed by atoms with Crippen LogP contribution in [-0.4, -0.2) is 4.98 Å². The lowest BCUT2D eigenvalue weighted by atomic mass is 10.0. The summed E-state index contributed by atoms with van der Waals surface area (Å²) in [5.74, 6) is 0. The summed E-state index contributed by atoms with van der Waals surface area (Å²) in [6.45, 7) is 0. The van der Waals surface area contributed by atoms with Crippen LogP contribution in [-0.2, 0) is 6.42 Å². The molecule has 2 heteroatoms. The highest BCUT2D eigenvalue weighted by molar-refractivity contribution is 5.24. The first kappa shape index (κ1) is 7.74. The Morgan fingerprint density at radius 2 is 2.33 bits per heavy atom. The van der Waals surface area contributed by atoms with Crippen LogP contribution in [0.15, 0.2) is 18.3 Å². The van der Waals surface area contributed by atoms with E-state index < -0.39 is 0 Å². The van der Waals surface area contributed by atoms with Crippen molar-refractivity contribution < 1.29 is 0 Å². The second kappa shape index (κ2) is 3.23. The molecule has 0 radical (unpaired) electrons. The Hall–Kier alpha value is -0.890. The Balaban J connectivity index is 2.39. The molecule has 0 amide bonds. The van der Waals surface area contributed by atoms with Gasteiger partial charge in [0.2, 0.25) is 0 Å². The van der Waals surface area contributed by atoms with E-state index in [-0.39, 0.29) is 6.04 Å². The summed E-state index contributed by atoms with van der Waals surface area (Å²) in [6.07, 6.45) is 6.54. The third kappa shape index (κ3) is 1.34. The second-order valence-electron chi connectivity index (χ2n) is 3.39. The first-order valence-electron chi connectivity index (χ1n) is 4.57. The van der Waals surface area contributed by atoms with Gasteiger partial charge in [0.1, 0.15) is 0 Å². The molecule has 2 nitrogen and oxygen atoms in total. The van der Waals surface area contributed by atoms with Crippen LogP contribution in [0.25, 0.3) is 0 Å². The summed E-state index contributed by atoms with van der Waals surface area (Å²) >= 11 is 0. The normalized spacial score (nSPS) is 22.9. The molecule has 1 aromatic rings. The number of aromatic nitrogens is 1. The summed E-state index contributed by atoms with van der Waals surface area (Å²) in [7, 11) is 0. The van der Waals surface area contributed by atoms with Crippen molar-refractivity contribution in [3.63, 3.8) is 0 Å². The minimum atomic E-state index is 0.219. The molecule has 0 spiro atoms. The van der Waals surface area contributed by atoms with Crippen molar-refractivity contribution in [2.24, 2.45) is 5.73 Å². The zero-order valence-electron chi connectivity index (χ0n) is 7.16. The first-order chi connectivity index (χ1) is 5.88. The molecule has 0 aliphatic heterocycles. The van der Waals surface area contributed by atoms with Gasteiger partial charge in [0.05, 0.1) is 0 Å². The maximum absolute atomic E-state index is 6.01. The van der Waals surface area contributed by atoms with Gasteiger partial charge in [0.15, 0.2) is 0 Å². The van der Waals surface area contributed by atoms with Crippen LogP contribution in [0.4, 0.5) is 0 Å². The van der Waals surface area contributed by atoms with E-state index in [1.54, 1.807) is 0 Å². The monoisotopic (exact) mass is 162 g/mol. The van der Waals surface area contributed by atoms with Crippen molar-refractivity contribution in [3.8, 4) is 0 Å². The van der Waals surface area contributed by atoms with Crippen molar-refractivity contribution >= 4 is 0 Å². The number of nitrogens with zero attached hydrogens (tertiary/aromatic N) is 1. The summed E-state index contributed by atoms with van der Waals surface area (Å²) in [4.78, 5) is 4.35. The molecule has 1 aliphatic rings. The van der Waals surface area contributed by atoms with Gasteiger partial charge in [0, 0.05) is 17.9 Å². The average molecular weight is 162 g/mol. The molecular weight excluding hydrogens is 148 g/mol. The minimum Gasteiger partial charge on any atom is -0.324 e. The van der Waals surface area contributed by atoms with Crippen molar-refractivity contribution in [1.82, 2.24) is 4.98 Å². The van der Waals surface area contributed by atoms with Crippen LogP contribution in [0.3, 0.4) is 0 Å². The fourth-order valence-electron chi connectivity index (χ4n) is 1.81. The fourth-order valence-corrected chi connectivity index (χ4v) is 1.81. The van der Waals surface area contributed by atoms with Crippen LogP contribution in [0.2, 0.25) is 0 Å². The minimum absolute atomic E-state index is 0.219. The third-order valence-corrected chi connectivity index (χ3v) is 2.50. The van der Waals surface area contributed by atoms with Crippen LogP contribution in [0, 0.1) is 0 Å². The van der Waals surface area contributed by atoms with Gasteiger partial charge in [-0.25, -0.2) is 0 Å². The first-order valence-corrected chi connectivity index (χ1v) is 4.57. The van der Waals surface area contributed by atoms with Crippen LogP contribution >= 0.6 is 0 Å². The molecule has 1 aliphatic carbocycles. The molecule has 12 heavy (non-hydrogen) atoms. The van der Waals surface area contributed by atoms with Crippen molar-refractivity contribution in [2.75, 3.05) is 0 Å². The van der Waals surface area contributed by atoms with E-state index in [0.29, 0.717) is 0 Å². The van der Waals surface area contributed by atoms with E-state index in [1.807, 2.05) is 12.3 Å². The predicted octanol–water partition coefficient (Wildman–Crippen LogP) is 1.81. The van der Waals surface area contributed by atoms with Crippen molar-refractivity contribution in [1.29, 1.82) is 0 Å². The van der Waals surface area contributed by atoms with E-state index in [0.717, 1.165) is 12.8 Å². The molecule has 0 aromatic carbocycles. The molecule has 0 fully saturated rings. The Labute approximate surface area is 72.8 Å². The molecule has 2 rings (SSSR count). The third-order valence-electron chi connectivity index (χ3n) is 2.50. The van der Waals surface area contributed by atoms with Crippen LogP contribution < -0.4 is 5.73 Å². The zero-order valence-corrected chi connectivity index (χ0v) is 7.16. The Bertz CT molecular complexity index is 270. The van der Waals surface area contributed by atoms with Crippen LogP contribution in [0.5, 0.6) is 0 Å². The van der Waals surface area contributed by atoms with Gasteiger partial charge in [-0.3, -0.25) is 4.98 Å². The molecule has 0 bridgehead atoms. The van der Waals surface area contributed by atoms with E-state index in [2.05, 4.69) is 11.1 Å². The van der Waals surface area contributed by atoms with Crippen LogP contribution in [0.1, 0.15) is 36.6 Å². The van der Waals surface area contributed by atoms with Crippen molar-refractivity contribution in [3.05, 3.63) is 29.6 Å². The average Bonchev–Trinajstić information content (AvgIpc) is 2.29. The van der Waals surface area contributed by atoms with Gasteiger partial charge in [-0.2, -0.15) is 0 Å². The maximum Gasteiger partial charge on any atom is 0.0451 e.